The van der Waals surface area contributed by atoms with Crippen LogP contribution in [-0.2, 0) is 4.84 Å². The molecule has 2 aromatic rings. The van der Waals surface area contributed by atoms with E-state index in [4.69, 9.17) is 10.4 Å². The normalized spacial score (nSPS) is 9.78. The highest BCUT2D eigenvalue weighted by atomic mass is 16.7. The third kappa shape index (κ3) is 2.78. The second kappa shape index (κ2) is 5.70. The monoisotopic (exact) mass is 242 g/mol. The zero-order valence-electron chi connectivity index (χ0n) is 9.54. The van der Waals surface area contributed by atoms with E-state index in [2.05, 4.69) is 5.11 Å². The predicted molar refractivity (Wildman–Crippen MR) is 64.7 cm³/mol. The summed E-state index contributed by atoms with van der Waals surface area (Å²) in [6.07, 6.45) is 0. The molecule has 0 aromatic heterocycles. The van der Waals surface area contributed by atoms with Gasteiger partial charge >= 0.3 is 5.97 Å². The molecule has 0 fully saturated rings. The zero-order valence-corrected chi connectivity index (χ0v) is 9.54. The Morgan fingerprint density at radius 3 is 2.44 bits per heavy atom. The Morgan fingerprint density at radius 1 is 1.06 bits per heavy atom. The van der Waals surface area contributed by atoms with Crippen LogP contribution in [0.4, 0.5) is 11.4 Å². The smallest absolute Gasteiger partial charge is 0.269 e. The van der Waals surface area contributed by atoms with Gasteiger partial charge in [0.15, 0.2) is 5.69 Å². The highest BCUT2D eigenvalue weighted by Crippen LogP contribution is 2.18. The largest absolute Gasteiger partial charge is 0.397 e. The standard InChI is InChI=1S/C13H11N3O2/c14-15-11-8-4-5-9-12(11)16-18-13(17)10-6-2-1-3-7-10/h1-9,14,16H/p+1. The number of nitrogens with two attached hydrogens (primary N) is 1. The van der Waals surface area contributed by atoms with Gasteiger partial charge in [0.2, 0.25) is 0 Å². The molecule has 0 saturated carbocycles. The van der Waals surface area contributed by atoms with Gasteiger partial charge in [-0.2, -0.15) is 5.11 Å². The Balaban J connectivity index is 2.04. The zero-order chi connectivity index (χ0) is 12.8. The van der Waals surface area contributed by atoms with Gasteiger partial charge < -0.3 is 0 Å². The fourth-order valence-corrected chi connectivity index (χ4v) is 1.45. The number of rotatable bonds is 4. The van der Waals surface area contributed by atoms with Gasteiger partial charge in [0.1, 0.15) is 5.69 Å². The Kier molecular flexibility index (Phi) is 3.78. The number of quaternary nitrogens is 1. The maximum Gasteiger partial charge on any atom is 0.397 e. The molecule has 0 saturated heterocycles. The SMILES string of the molecule is N=Nc1ccccc1[NH2+]OC(=O)c1ccccc1. The van der Waals surface area contributed by atoms with E-state index in [0.717, 1.165) is 0 Å². The summed E-state index contributed by atoms with van der Waals surface area (Å²) in [6, 6.07) is 15.7. The topological polar surface area (TPSA) is 79.1 Å². The lowest BCUT2D eigenvalue weighted by molar-refractivity contribution is -0.808. The molecule has 0 unspecified atom stereocenters. The number of carbonyl (C=O) groups excluding carboxylic acids is 1. The van der Waals surface area contributed by atoms with Crippen molar-refractivity contribution in [1.82, 2.24) is 0 Å². The second-order valence-electron chi connectivity index (χ2n) is 3.56. The Bertz CT molecular complexity index is 555. The highest BCUT2D eigenvalue weighted by Gasteiger charge is 2.11. The van der Waals surface area contributed by atoms with E-state index in [1.54, 1.807) is 48.5 Å². The van der Waals surface area contributed by atoms with Crippen LogP contribution in [0.1, 0.15) is 10.4 Å². The number of para-hydroxylation sites is 1. The van der Waals surface area contributed by atoms with Crippen molar-refractivity contribution in [3.05, 3.63) is 60.2 Å². The number of nitrogens with one attached hydrogen (secondary N) is 1. The molecule has 18 heavy (non-hydrogen) atoms. The molecule has 0 aliphatic carbocycles. The lowest BCUT2D eigenvalue weighted by Crippen LogP contribution is -2.77. The quantitative estimate of drug-likeness (QED) is 0.490. The molecule has 0 amide bonds. The number of benzene rings is 2. The van der Waals surface area contributed by atoms with Crippen LogP contribution in [0, 0.1) is 5.53 Å². The Hall–Kier alpha value is -2.53. The van der Waals surface area contributed by atoms with Gasteiger partial charge in [0, 0.05) is 6.07 Å². The van der Waals surface area contributed by atoms with Crippen LogP contribution >= 0.6 is 0 Å². The molecule has 2 aromatic carbocycles. The first-order chi connectivity index (χ1) is 8.81. The number of nitrogens with zero attached hydrogens (tertiary/aromatic N) is 1. The van der Waals surface area contributed by atoms with E-state index in [1.165, 1.54) is 5.48 Å². The van der Waals surface area contributed by atoms with Crippen molar-refractivity contribution in [2.24, 2.45) is 5.11 Å². The van der Waals surface area contributed by atoms with Gasteiger partial charge in [-0.1, -0.05) is 30.3 Å². The molecule has 5 nitrogen and oxygen atoms in total. The molecular formula is C13H12N3O2+. The van der Waals surface area contributed by atoms with Gasteiger partial charge in [-0.3, -0.25) is 4.84 Å². The minimum Gasteiger partial charge on any atom is -0.269 e. The van der Waals surface area contributed by atoms with Gasteiger partial charge in [0.25, 0.3) is 0 Å². The lowest BCUT2D eigenvalue weighted by atomic mass is 10.2. The van der Waals surface area contributed by atoms with E-state index < -0.39 is 5.97 Å². The number of hydrogen-bond acceptors (Lipinski definition) is 4. The summed E-state index contributed by atoms with van der Waals surface area (Å²) in [5.74, 6) is -0.435. The number of carbonyl (C=O) groups is 1. The van der Waals surface area contributed by atoms with Gasteiger partial charge in [-0.15, -0.1) is 5.48 Å². The van der Waals surface area contributed by atoms with E-state index in [0.29, 0.717) is 16.9 Å². The molecule has 0 spiro atoms. The van der Waals surface area contributed by atoms with E-state index >= 15 is 0 Å². The molecule has 0 aliphatic rings. The van der Waals surface area contributed by atoms with Gasteiger partial charge in [-0.25, -0.2) is 10.3 Å². The molecule has 0 atom stereocenters. The lowest BCUT2D eigenvalue weighted by Gasteiger charge is -2.02. The van der Waals surface area contributed by atoms with Crippen molar-refractivity contribution in [3.8, 4) is 0 Å². The summed E-state index contributed by atoms with van der Waals surface area (Å²) in [5, 5.41) is 3.35. The molecule has 90 valence electrons. The summed E-state index contributed by atoms with van der Waals surface area (Å²) in [7, 11) is 0. The van der Waals surface area contributed by atoms with Crippen LogP contribution in [0.15, 0.2) is 59.7 Å². The van der Waals surface area contributed by atoms with Crippen molar-refractivity contribution < 1.29 is 15.1 Å². The van der Waals surface area contributed by atoms with E-state index in [-0.39, 0.29) is 0 Å². The van der Waals surface area contributed by atoms with Crippen LogP contribution in [0.3, 0.4) is 0 Å². The second-order valence-corrected chi connectivity index (χ2v) is 3.56. The maximum absolute atomic E-state index is 11.7. The third-order valence-corrected chi connectivity index (χ3v) is 2.36. The van der Waals surface area contributed by atoms with Crippen LogP contribution in [0.2, 0.25) is 0 Å². The first-order valence-electron chi connectivity index (χ1n) is 5.37. The average Bonchev–Trinajstić information content (AvgIpc) is 2.46. The van der Waals surface area contributed by atoms with E-state index in [1.807, 2.05) is 6.07 Å². The maximum atomic E-state index is 11.7. The van der Waals surface area contributed by atoms with Crippen molar-refractivity contribution in [3.63, 3.8) is 0 Å². The van der Waals surface area contributed by atoms with E-state index in [9.17, 15) is 4.79 Å². The molecule has 3 N–H and O–H groups in total. The predicted octanol–water partition coefficient (Wildman–Crippen LogP) is 2.32. The van der Waals surface area contributed by atoms with Crippen molar-refractivity contribution >= 4 is 17.3 Å². The Labute approximate surface area is 104 Å². The third-order valence-electron chi connectivity index (χ3n) is 2.36. The Morgan fingerprint density at radius 2 is 1.72 bits per heavy atom. The molecule has 0 bridgehead atoms. The molecule has 2 rings (SSSR count). The molecule has 0 aliphatic heterocycles. The molecular weight excluding hydrogens is 230 g/mol. The first-order valence-corrected chi connectivity index (χ1v) is 5.37. The first kappa shape index (κ1) is 11.9. The molecule has 0 radical (unpaired) electrons. The summed E-state index contributed by atoms with van der Waals surface area (Å²) in [6.45, 7) is 0. The fourth-order valence-electron chi connectivity index (χ4n) is 1.45. The number of hydrogen-bond donors (Lipinski definition) is 2. The van der Waals surface area contributed by atoms with Crippen molar-refractivity contribution in [2.75, 3.05) is 0 Å². The summed E-state index contributed by atoms with van der Waals surface area (Å²) in [5.41, 5.74) is 9.84. The minimum absolute atomic E-state index is 0.435. The molecule has 5 heteroatoms. The minimum atomic E-state index is -0.435. The van der Waals surface area contributed by atoms with Gasteiger partial charge in [-0.05, 0) is 18.2 Å². The van der Waals surface area contributed by atoms with Crippen molar-refractivity contribution in [2.45, 2.75) is 0 Å². The van der Waals surface area contributed by atoms with Crippen LogP contribution in [0.5, 0.6) is 0 Å². The summed E-state index contributed by atoms with van der Waals surface area (Å²) < 4.78 is 0. The van der Waals surface area contributed by atoms with Crippen LogP contribution in [0.25, 0.3) is 0 Å². The van der Waals surface area contributed by atoms with Crippen LogP contribution in [-0.4, -0.2) is 5.97 Å². The average molecular weight is 242 g/mol. The summed E-state index contributed by atoms with van der Waals surface area (Å²) >= 11 is 0. The van der Waals surface area contributed by atoms with Crippen molar-refractivity contribution in [1.29, 1.82) is 5.53 Å². The fraction of sp³-hybridized carbons (Fsp3) is 0. The highest BCUT2D eigenvalue weighted by molar-refractivity contribution is 5.88. The van der Waals surface area contributed by atoms with Gasteiger partial charge in [0.05, 0.1) is 5.56 Å². The summed E-state index contributed by atoms with van der Waals surface area (Å²) in [4.78, 5) is 16.7. The van der Waals surface area contributed by atoms with Crippen LogP contribution < -0.4 is 5.48 Å². The molecule has 0 heterocycles.